The normalized spacial score (nSPS) is 15.8. The molecule has 2 amide bonds. The number of carbonyl (C=O) groups is 2. The summed E-state index contributed by atoms with van der Waals surface area (Å²) in [5.74, 6) is -0.169. The summed E-state index contributed by atoms with van der Waals surface area (Å²) >= 11 is 6.39. The number of methoxy groups -OCH3 is 1. The van der Waals surface area contributed by atoms with Crippen LogP contribution in [0.2, 0.25) is 5.02 Å². The number of nitrogens with zero attached hydrogens (tertiary/aromatic N) is 3. The molecular weight excluding hydrogens is 452 g/mol. The molecule has 1 aromatic heterocycles. The Labute approximate surface area is 205 Å². The third kappa shape index (κ3) is 4.97. The maximum absolute atomic E-state index is 13.8. The van der Waals surface area contributed by atoms with Crippen molar-refractivity contribution in [2.24, 2.45) is 0 Å². The highest BCUT2D eigenvalue weighted by atomic mass is 35.5. The number of likely N-dealkylation sites (N-methyl/N-ethyl adjacent to an activating group) is 1. The van der Waals surface area contributed by atoms with Crippen molar-refractivity contribution in [2.75, 3.05) is 51.8 Å². The number of aromatic nitrogens is 1. The molecule has 2 aromatic carbocycles. The summed E-state index contributed by atoms with van der Waals surface area (Å²) < 4.78 is 5.13. The molecule has 34 heavy (non-hydrogen) atoms. The lowest BCUT2D eigenvalue weighted by atomic mass is 10.1. The van der Waals surface area contributed by atoms with Gasteiger partial charge in [-0.15, -0.1) is 0 Å². The van der Waals surface area contributed by atoms with Crippen molar-refractivity contribution in [3.63, 3.8) is 0 Å². The van der Waals surface area contributed by atoms with Crippen molar-refractivity contribution >= 4 is 40.0 Å². The van der Waals surface area contributed by atoms with Gasteiger partial charge in [0.1, 0.15) is 12.3 Å². The van der Waals surface area contributed by atoms with Crippen LogP contribution in [0.3, 0.4) is 0 Å². The van der Waals surface area contributed by atoms with E-state index >= 15 is 0 Å². The minimum Gasteiger partial charge on any atom is -0.375 e. The predicted molar refractivity (Wildman–Crippen MR) is 136 cm³/mol. The van der Waals surface area contributed by atoms with Gasteiger partial charge in [0, 0.05) is 44.4 Å². The number of H-pyrrole nitrogens is 1. The fraction of sp³-hybridized carbons (Fsp3) is 0.385. The number of hydrogen-bond acceptors (Lipinski definition) is 4. The second kappa shape index (κ2) is 10.6. The molecule has 1 aliphatic rings. The van der Waals surface area contributed by atoms with Gasteiger partial charge in [-0.2, -0.15) is 0 Å². The van der Waals surface area contributed by atoms with Gasteiger partial charge in [0.15, 0.2) is 0 Å². The first-order chi connectivity index (χ1) is 16.4. The summed E-state index contributed by atoms with van der Waals surface area (Å²) in [5, 5.41) is 1.54. The van der Waals surface area contributed by atoms with Crippen LogP contribution >= 0.6 is 11.6 Å². The summed E-state index contributed by atoms with van der Waals surface area (Å²) in [7, 11) is 3.57. The van der Waals surface area contributed by atoms with E-state index in [1.807, 2.05) is 61.3 Å². The van der Waals surface area contributed by atoms with E-state index in [1.165, 1.54) is 7.11 Å². The molecule has 0 bridgehead atoms. The van der Waals surface area contributed by atoms with Crippen LogP contribution in [0.25, 0.3) is 10.9 Å². The molecule has 0 spiro atoms. The minimum atomic E-state index is -0.0872. The molecule has 0 atom stereocenters. The average molecular weight is 483 g/mol. The predicted octanol–water partition coefficient (Wildman–Crippen LogP) is 4.09. The number of halogens is 1. The molecule has 8 heteroatoms. The van der Waals surface area contributed by atoms with Gasteiger partial charge < -0.3 is 24.4 Å². The maximum atomic E-state index is 13.8. The number of benzene rings is 2. The fourth-order valence-corrected chi connectivity index (χ4v) is 4.76. The van der Waals surface area contributed by atoms with Crippen LogP contribution in [0.15, 0.2) is 42.5 Å². The number of nitrogens with one attached hydrogen (secondary N) is 1. The highest BCUT2D eigenvalue weighted by Gasteiger charge is 2.26. The molecule has 7 nitrogen and oxygen atoms in total. The van der Waals surface area contributed by atoms with Gasteiger partial charge in [0.05, 0.1) is 10.5 Å². The quantitative estimate of drug-likeness (QED) is 0.610. The van der Waals surface area contributed by atoms with Crippen LogP contribution in [0.5, 0.6) is 0 Å². The number of amides is 2. The van der Waals surface area contributed by atoms with Crippen molar-refractivity contribution < 1.29 is 14.3 Å². The number of fused-ring (bicyclic) bond motifs is 2. The van der Waals surface area contributed by atoms with Gasteiger partial charge >= 0.3 is 0 Å². The summed E-state index contributed by atoms with van der Waals surface area (Å²) in [5.41, 5.74) is 3.96. The third-order valence-corrected chi connectivity index (χ3v) is 6.74. The number of ether oxygens (including phenoxy) is 1. The molecule has 180 valence electrons. The summed E-state index contributed by atoms with van der Waals surface area (Å²) in [6.45, 7) is 5.07. The van der Waals surface area contributed by atoms with Crippen molar-refractivity contribution in [2.45, 2.75) is 19.9 Å². The first-order valence-corrected chi connectivity index (χ1v) is 11.9. The van der Waals surface area contributed by atoms with Gasteiger partial charge in [-0.1, -0.05) is 41.9 Å². The van der Waals surface area contributed by atoms with Crippen LogP contribution in [-0.2, 0) is 16.1 Å². The summed E-state index contributed by atoms with van der Waals surface area (Å²) in [6, 6.07) is 13.5. The van der Waals surface area contributed by atoms with Crippen molar-refractivity contribution in [3.05, 3.63) is 64.3 Å². The molecule has 4 rings (SSSR count). The molecule has 0 radical (unpaired) electrons. The van der Waals surface area contributed by atoms with Gasteiger partial charge in [-0.25, -0.2) is 0 Å². The van der Waals surface area contributed by atoms with Crippen LogP contribution < -0.4 is 4.90 Å². The van der Waals surface area contributed by atoms with E-state index in [9.17, 15) is 9.59 Å². The van der Waals surface area contributed by atoms with Crippen molar-refractivity contribution in [1.82, 2.24) is 14.8 Å². The Balaban J connectivity index is 1.73. The Morgan fingerprint density at radius 1 is 1.06 bits per heavy atom. The molecule has 1 N–H and O–H groups in total. The molecule has 0 aliphatic carbocycles. The Morgan fingerprint density at radius 3 is 2.62 bits per heavy atom. The molecule has 3 aromatic rings. The molecular formula is C26H31ClN4O3. The summed E-state index contributed by atoms with van der Waals surface area (Å²) in [6.07, 6.45) is 0.827. The lowest BCUT2D eigenvalue weighted by molar-refractivity contribution is -0.122. The zero-order chi connectivity index (χ0) is 24.2. The topological polar surface area (TPSA) is 68.9 Å². The van der Waals surface area contributed by atoms with Gasteiger partial charge in [-0.3, -0.25) is 9.59 Å². The summed E-state index contributed by atoms with van der Waals surface area (Å²) in [4.78, 5) is 35.8. The van der Waals surface area contributed by atoms with Crippen LogP contribution in [0, 0.1) is 6.92 Å². The van der Waals surface area contributed by atoms with Gasteiger partial charge in [-0.05, 0) is 50.2 Å². The van der Waals surface area contributed by atoms with Crippen molar-refractivity contribution in [1.29, 1.82) is 0 Å². The van der Waals surface area contributed by atoms with Gasteiger partial charge in [0.2, 0.25) is 0 Å². The number of rotatable bonds is 3. The molecule has 0 fully saturated rings. The number of anilines is 1. The number of aromatic amines is 1. The molecule has 0 saturated carbocycles. The Kier molecular flexibility index (Phi) is 7.56. The van der Waals surface area contributed by atoms with Crippen LogP contribution in [0.1, 0.15) is 28.0 Å². The molecule has 2 heterocycles. The number of para-hydroxylation sites is 2. The molecule has 1 aliphatic heterocycles. The molecule has 0 unspecified atom stereocenters. The highest BCUT2D eigenvalue weighted by Crippen LogP contribution is 2.29. The Bertz CT molecular complexity index is 1190. The monoisotopic (exact) mass is 482 g/mol. The highest BCUT2D eigenvalue weighted by molar-refractivity contribution is 6.35. The average Bonchev–Trinajstić information content (AvgIpc) is 3.15. The SMILES string of the molecule is COCC(=O)N1CCCN(C)CCN(C(=O)c2[nH]c3c(Cl)cccc3c2C)Cc2ccccc21. The largest absolute Gasteiger partial charge is 0.375 e. The van der Waals surface area contributed by atoms with E-state index in [-0.39, 0.29) is 18.4 Å². The lowest BCUT2D eigenvalue weighted by Crippen LogP contribution is -2.37. The van der Waals surface area contributed by atoms with E-state index in [1.54, 1.807) is 4.90 Å². The van der Waals surface area contributed by atoms with E-state index in [2.05, 4.69) is 9.88 Å². The first-order valence-electron chi connectivity index (χ1n) is 11.5. The Morgan fingerprint density at radius 2 is 1.85 bits per heavy atom. The van der Waals surface area contributed by atoms with Crippen LogP contribution in [0.4, 0.5) is 5.69 Å². The zero-order valence-electron chi connectivity index (χ0n) is 19.9. The fourth-order valence-electron chi connectivity index (χ4n) is 4.54. The number of hydrogen-bond donors (Lipinski definition) is 1. The standard InChI is InChI=1S/C26H31ClN4O3/c1-18-20-9-6-10-21(27)25(20)28-24(18)26(33)30-15-14-29(2)12-7-13-31(23(32)17-34-3)22-11-5-4-8-19(22)16-30/h4-6,8-11,28H,7,12-17H2,1-3H3. The van der Waals surface area contributed by atoms with E-state index in [0.29, 0.717) is 30.4 Å². The van der Waals surface area contributed by atoms with E-state index in [0.717, 1.165) is 47.2 Å². The zero-order valence-corrected chi connectivity index (χ0v) is 20.7. The lowest BCUT2D eigenvalue weighted by Gasteiger charge is -2.27. The van der Waals surface area contributed by atoms with Gasteiger partial charge in [0.25, 0.3) is 11.8 Å². The maximum Gasteiger partial charge on any atom is 0.270 e. The second-order valence-electron chi connectivity index (χ2n) is 8.78. The number of carbonyl (C=O) groups excluding carboxylic acids is 2. The Hall–Kier alpha value is -2.87. The van der Waals surface area contributed by atoms with Crippen molar-refractivity contribution in [3.8, 4) is 0 Å². The smallest absolute Gasteiger partial charge is 0.270 e. The van der Waals surface area contributed by atoms with Crippen LogP contribution in [-0.4, -0.2) is 73.5 Å². The third-order valence-electron chi connectivity index (χ3n) is 6.43. The number of aryl methyl sites for hydroxylation is 1. The second-order valence-corrected chi connectivity index (χ2v) is 9.19. The van der Waals surface area contributed by atoms with E-state index < -0.39 is 0 Å². The first kappa shape index (κ1) is 24.3. The molecule has 0 saturated heterocycles. The van der Waals surface area contributed by atoms with E-state index in [4.69, 9.17) is 16.3 Å². The minimum absolute atomic E-state index is 0.0157.